The highest BCUT2D eigenvalue weighted by Crippen LogP contribution is 2.28. The van der Waals surface area contributed by atoms with E-state index in [1.807, 2.05) is 12.1 Å². The van der Waals surface area contributed by atoms with Crippen molar-refractivity contribution >= 4 is 39.1 Å². The molecular formula is C20H19Cl2N5O3S. The fourth-order valence-corrected chi connectivity index (χ4v) is 5.54. The summed E-state index contributed by atoms with van der Waals surface area (Å²) in [6.07, 6.45) is 3.10. The van der Waals surface area contributed by atoms with Crippen LogP contribution in [-0.4, -0.2) is 64.5 Å². The molecule has 2 aromatic carbocycles. The number of aromatic nitrogens is 3. The molecular weight excluding hydrogens is 461 g/mol. The van der Waals surface area contributed by atoms with Crippen LogP contribution in [0.3, 0.4) is 0 Å². The lowest BCUT2D eigenvalue weighted by atomic mass is 10.1. The minimum atomic E-state index is -3.79. The fourth-order valence-electron chi connectivity index (χ4n) is 3.38. The molecule has 3 aromatic rings. The van der Waals surface area contributed by atoms with E-state index in [1.165, 1.54) is 28.8 Å². The number of nitrogens with zero attached hydrogens (tertiary/aromatic N) is 5. The molecule has 1 fully saturated rings. The van der Waals surface area contributed by atoms with Gasteiger partial charge in [-0.25, -0.2) is 18.1 Å². The summed E-state index contributed by atoms with van der Waals surface area (Å²) in [6.45, 7) is 1.51. The van der Waals surface area contributed by atoms with Gasteiger partial charge in [0.1, 0.15) is 17.6 Å². The number of benzene rings is 2. The van der Waals surface area contributed by atoms with Crippen molar-refractivity contribution in [1.29, 1.82) is 0 Å². The van der Waals surface area contributed by atoms with E-state index >= 15 is 0 Å². The average molecular weight is 480 g/mol. The topological polar surface area (TPSA) is 88.4 Å². The quantitative estimate of drug-likeness (QED) is 0.561. The maximum atomic E-state index is 12.9. The minimum Gasteiger partial charge on any atom is -0.336 e. The Kier molecular flexibility index (Phi) is 6.29. The van der Waals surface area contributed by atoms with Crippen molar-refractivity contribution in [2.24, 2.45) is 0 Å². The first-order valence-electron chi connectivity index (χ1n) is 9.50. The first-order chi connectivity index (χ1) is 14.8. The second kappa shape index (κ2) is 8.96. The highest BCUT2D eigenvalue weighted by molar-refractivity contribution is 7.89. The lowest BCUT2D eigenvalue weighted by Gasteiger charge is -2.34. The van der Waals surface area contributed by atoms with Gasteiger partial charge in [0, 0.05) is 36.8 Å². The Morgan fingerprint density at radius 2 is 1.71 bits per heavy atom. The van der Waals surface area contributed by atoms with Crippen molar-refractivity contribution in [2.75, 3.05) is 26.2 Å². The lowest BCUT2D eigenvalue weighted by molar-refractivity contribution is 0.0698. The van der Waals surface area contributed by atoms with E-state index < -0.39 is 10.0 Å². The molecule has 1 aliphatic heterocycles. The molecule has 162 valence electrons. The third-order valence-electron chi connectivity index (χ3n) is 5.05. The van der Waals surface area contributed by atoms with Gasteiger partial charge >= 0.3 is 0 Å². The summed E-state index contributed by atoms with van der Waals surface area (Å²) in [6, 6.07) is 11.6. The zero-order chi connectivity index (χ0) is 22.0. The predicted molar refractivity (Wildman–Crippen MR) is 117 cm³/mol. The van der Waals surface area contributed by atoms with Crippen LogP contribution in [0, 0.1) is 0 Å². The molecule has 31 heavy (non-hydrogen) atoms. The lowest BCUT2D eigenvalue weighted by Crippen LogP contribution is -2.50. The predicted octanol–water partition coefficient (Wildman–Crippen LogP) is 2.78. The molecule has 0 unspecified atom stereocenters. The summed E-state index contributed by atoms with van der Waals surface area (Å²) < 4.78 is 28.9. The summed E-state index contributed by atoms with van der Waals surface area (Å²) in [5.74, 6) is -0.134. The molecule has 0 N–H and O–H groups in total. The number of hydrogen-bond acceptors (Lipinski definition) is 5. The summed E-state index contributed by atoms with van der Waals surface area (Å²) in [7, 11) is -3.79. The molecule has 8 nitrogen and oxygen atoms in total. The van der Waals surface area contributed by atoms with Crippen LogP contribution in [0.25, 0.3) is 0 Å². The molecule has 1 aromatic heterocycles. The highest BCUT2D eigenvalue weighted by atomic mass is 35.5. The van der Waals surface area contributed by atoms with Crippen LogP contribution in [0.15, 0.2) is 60.0 Å². The number of halogens is 2. The molecule has 0 radical (unpaired) electrons. The first kappa shape index (κ1) is 21.8. The van der Waals surface area contributed by atoms with Gasteiger partial charge in [-0.05, 0) is 35.9 Å². The van der Waals surface area contributed by atoms with Crippen molar-refractivity contribution in [3.8, 4) is 0 Å². The van der Waals surface area contributed by atoms with E-state index in [2.05, 4.69) is 10.1 Å². The molecule has 0 bridgehead atoms. The minimum absolute atomic E-state index is 0.0237. The molecule has 1 aliphatic rings. The molecule has 4 rings (SSSR count). The van der Waals surface area contributed by atoms with E-state index in [1.54, 1.807) is 28.0 Å². The molecule has 0 aliphatic carbocycles. The first-order valence-corrected chi connectivity index (χ1v) is 11.7. The smallest absolute Gasteiger partial charge is 0.253 e. The fraction of sp³-hybridized carbons (Fsp3) is 0.250. The van der Waals surface area contributed by atoms with Gasteiger partial charge in [-0.2, -0.15) is 9.40 Å². The monoisotopic (exact) mass is 479 g/mol. The Labute approximate surface area is 190 Å². The third kappa shape index (κ3) is 4.74. The van der Waals surface area contributed by atoms with Gasteiger partial charge in [-0.1, -0.05) is 35.3 Å². The van der Waals surface area contributed by atoms with Crippen molar-refractivity contribution < 1.29 is 13.2 Å². The van der Waals surface area contributed by atoms with Crippen LogP contribution in [0.2, 0.25) is 10.0 Å². The molecule has 0 atom stereocenters. The maximum Gasteiger partial charge on any atom is 0.253 e. The number of carbonyl (C=O) groups excluding carboxylic acids is 1. The number of rotatable bonds is 5. The molecule has 1 saturated heterocycles. The van der Waals surface area contributed by atoms with Gasteiger partial charge in [0.2, 0.25) is 10.0 Å². The van der Waals surface area contributed by atoms with Crippen LogP contribution in [0.5, 0.6) is 0 Å². The Morgan fingerprint density at radius 1 is 1.00 bits per heavy atom. The van der Waals surface area contributed by atoms with E-state index in [0.717, 1.165) is 5.56 Å². The van der Waals surface area contributed by atoms with Gasteiger partial charge in [-0.3, -0.25) is 4.79 Å². The normalized spacial score (nSPS) is 15.2. The van der Waals surface area contributed by atoms with Gasteiger partial charge in [-0.15, -0.1) is 0 Å². The standard InChI is InChI=1S/C20H19Cl2N5O3S/c21-17-5-6-18(22)19(11-17)31(29,30)27-9-7-25(8-10-27)20(28)16-3-1-15(2-4-16)12-26-14-23-13-24-26/h1-6,11,13-14H,7-10,12H2. The number of piperazine rings is 1. The molecule has 0 spiro atoms. The second-order valence-corrected chi connectivity index (χ2v) is 9.81. The van der Waals surface area contributed by atoms with Crippen LogP contribution in [0.1, 0.15) is 15.9 Å². The van der Waals surface area contributed by atoms with Gasteiger partial charge < -0.3 is 4.90 Å². The Morgan fingerprint density at radius 3 is 2.35 bits per heavy atom. The second-order valence-electron chi connectivity index (χ2n) is 7.06. The van der Waals surface area contributed by atoms with Crippen molar-refractivity contribution in [1.82, 2.24) is 24.0 Å². The Balaban J connectivity index is 1.40. The van der Waals surface area contributed by atoms with Crippen LogP contribution < -0.4 is 0 Å². The van der Waals surface area contributed by atoms with E-state index in [9.17, 15) is 13.2 Å². The van der Waals surface area contributed by atoms with Crippen LogP contribution in [0.4, 0.5) is 0 Å². The van der Waals surface area contributed by atoms with Gasteiger partial charge in [0.05, 0.1) is 11.6 Å². The number of sulfonamides is 1. The van der Waals surface area contributed by atoms with Crippen molar-refractivity contribution in [3.63, 3.8) is 0 Å². The number of hydrogen-bond donors (Lipinski definition) is 0. The Bertz CT molecular complexity index is 1180. The summed E-state index contributed by atoms with van der Waals surface area (Å²) >= 11 is 12.0. The largest absolute Gasteiger partial charge is 0.336 e. The van der Waals surface area contributed by atoms with Crippen LogP contribution >= 0.6 is 23.2 Å². The Hall–Kier alpha value is -2.46. The SMILES string of the molecule is O=C(c1ccc(Cn2cncn2)cc1)N1CCN(S(=O)(=O)c2cc(Cl)ccc2Cl)CC1. The average Bonchev–Trinajstić information content (AvgIpc) is 3.28. The molecule has 2 heterocycles. The van der Waals surface area contributed by atoms with Gasteiger partial charge in [0.15, 0.2) is 0 Å². The van der Waals surface area contributed by atoms with E-state index in [0.29, 0.717) is 17.1 Å². The zero-order valence-corrected chi connectivity index (χ0v) is 18.7. The van der Waals surface area contributed by atoms with Crippen molar-refractivity contribution in [3.05, 3.63) is 76.3 Å². The molecule has 0 saturated carbocycles. The summed E-state index contributed by atoms with van der Waals surface area (Å²) in [5.41, 5.74) is 1.55. The number of amides is 1. The molecule has 11 heteroatoms. The van der Waals surface area contributed by atoms with Crippen LogP contribution in [-0.2, 0) is 16.6 Å². The number of carbonyl (C=O) groups is 1. The summed E-state index contributed by atoms with van der Waals surface area (Å²) in [4.78, 5) is 18.4. The molecule has 1 amide bonds. The zero-order valence-electron chi connectivity index (χ0n) is 16.4. The van der Waals surface area contributed by atoms with Gasteiger partial charge in [0.25, 0.3) is 5.91 Å². The maximum absolute atomic E-state index is 12.9. The van der Waals surface area contributed by atoms with E-state index in [4.69, 9.17) is 23.2 Å². The highest BCUT2D eigenvalue weighted by Gasteiger charge is 2.32. The van der Waals surface area contributed by atoms with E-state index in [-0.39, 0.29) is 42.0 Å². The van der Waals surface area contributed by atoms with Crippen molar-refractivity contribution in [2.45, 2.75) is 11.4 Å². The summed E-state index contributed by atoms with van der Waals surface area (Å²) in [5, 5.41) is 4.48. The third-order valence-corrected chi connectivity index (χ3v) is 7.66.